The average Bonchev–Trinajstić information content (AvgIpc) is 2.56. The zero-order chi connectivity index (χ0) is 17.1. The van der Waals surface area contributed by atoms with Crippen molar-refractivity contribution in [2.45, 2.75) is 0 Å². The molecule has 0 atom stereocenters. The highest BCUT2D eigenvalue weighted by atomic mass is 16.5. The Morgan fingerprint density at radius 1 is 1.26 bits per heavy atom. The van der Waals surface area contributed by atoms with Crippen molar-refractivity contribution in [2.24, 2.45) is 0 Å². The normalized spacial score (nSPS) is 10.9. The lowest BCUT2D eigenvalue weighted by molar-refractivity contribution is -0.112. The summed E-state index contributed by atoms with van der Waals surface area (Å²) in [5.41, 5.74) is 0.472. The topological polar surface area (TPSA) is 94.8 Å². The van der Waals surface area contributed by atoms with Crippen LogP contribution in [0, 0.1) is 11.3 Å². The van der Waals surface area contributed by atoms with Crippen LogP contribution in [0.15, 0.2) is 36.0 Å². The lowest BCUT2D eigenvalue weighted by Crippen LogP contribution is -2.27. The van der Waals surface area contributed by atoms with Crippen LogP contribution in [0.4, 0.5) is 5.69 Å². The van der Waals surface area contributed by atoms with Gasteiger partial charge in [0.2, 0.25) is 0 Å². The van der Waals surface area contributed by atoms with Gasteiger partial charge in [0, 0.05) is 39.2 Å². The van der Waals surface area contributed by atoms with Gasteiger partial charge in [-0.05, 0) is 24.3 Å². The van der Waals surface area contributed by atoms with Crippen molar-refractivity contribution < 1.29 is 19.4 Å². The van der Waals surface area contributed by atoms with E-state index in [0.717, 1.165) is 0 Å². The summed E-state index contributed by atoms with van der Waals surface area (Å²) < 4.78 is 10.0. The highest BCUT2D eigenvalue weighted by Gasteiger charge is 2.12. The van der Waals surface area contributed by atoms with Gasteiger partial charge < -0.3 is 24.8 Å². The predicted octanol–water partition coefficient (Wildman–Crippen LogP) is 1.33. The van der Waals surface area contributed by atoms with Gasteiger partial charge >= 0.3 is 0 Å². The molecule has 0 aliphatic rings. The number of methoxy groups -OCH3 is 2. The maximum atomic E-state index is 12.2. The second kappa shape index (κ2) is 10.2. The zero-order valence-corrected chi connectivity index (χ0v) is 13.3. The maximum Gasteiger partial charge on any atom is 0.267 e. The third kappa shape index (κ3) is 6.82. The Morgan fingerprint density at radius 3 is 2.30 bits per heavy atom. The molecule has 0 saturated heterocycles. The van der Waals surface area contributed by atoms with Gasteiger partial charge in [-0.25, -0.2) is 0 Å². The Balaban J connectivity index is 2.78. The molecule has 0 fully saturated rings. The summed E-state index contributed by atoms with van der Waals surface area (Å²) in [6.45, 7) is 2.02. The van der Waals surface area contributed by atoms with Crippen molar-refractivity contribution in [2.75, 3.05) is 45.8 Å². The van der Waals surface area contributed by atoms with Crippen molar-refractivity contribution in [1.82, 2.24) is 4.90 Å². The summed E-state index contributed by atoms with van der Waals surface area (Å²) in [5, 5.41) is 21.0. The fraction of sp³-hybridized carbons (Fsp3) is 0.375. The van der Waals surface area contributed by atoms with E-state index < -0.39 is 5.91 Å². The van der Waals surface area contributed by atoms with E-state index in [2.05, 4.69) is 5.32 Å². The van der Waals surface area contributed by atoms with Gasteiger partial charge in [0.05, 0.1) is 13.2 Å². The molecule has 0 bridgehead atoms. The monoisotopic (exact) mass is 319 g/mol. The largest absolute Gasteiger partial charge is 0.508 e. The lowest BCUT2D eigenvalue weighted by Gasteiger charge is -2.20. The van der Waals surface area contributed by atoms with E-state index in [4.69, 9.17) is 9.47 Å². The molecule has 7 nitrogen and oxygen atoms in total. The number of nitriles is 1. The number of phenolic OH excluding ortho intramolecular Hbond substituents is 1. The van der Waals surface area contributed by atoms with Crippen molar-refractivity contribution in [3.63, 3.8) is 0 Å². The first-order valence-electron chi connectivity index (χ1n) is 7.05. The van der Waals surface area contributed by atoms with Gasteiger partial charge in [-0.2, -0.15) is 5.26 Å². The number of hydrogen-bond donors (Lipinski definition) is 2. The second-order valence-electron chi connectivity index (χ2n) is 4.68. The molecule has 0 heterocycles. The SMILES string of the molecule is COCCN(/C=C(/C#N)C(=O)Nc1ccc(O)cc1)CCOC. The van der Waals surface area contributed by atoms with Gasteiger partial charge in [0.25, 0.3) is 5.91 Å². The summed E-state index contributed by atoms with van der Waals surface area (Å²) in [5.74, 6) is -0.414. The number of nitrogens with one attached hydrogen (secondary N) is 1. The number of amides is 1. The molecule has 7 heteroatoms. The van der Waals surface area contributed by atoms with E-state index in [9.17, 15) is 15.2 Å². The molecule has 1 amide bonds. The Bertz CT molecular complexity index is 556. The maximum absolute atomic E-state index is 12.2. The minimum Gasteiger partial charge on any atom is -0.508 e. The number of hydrogen-bond acceptors (Lipinski definition) is 6. The first-order chi connectivity index (χ1) is 11.1. The van der Waals surface area contributed by atoms with Crippen LogP contribution in [0.1, 0.15) is 0 Å². The van der Waals surface area contributed by atoms with E-state index >= 15 is 0 Å². The molecule has 0 spiro atoms. The highest BCUT2D eigenvalue weighted by Crippen LogP contribution is 2.14. The van der Waals surface area contributed by atoms with Crippen molar-refractivity contribution in [1.29, 1.82) is 5.26 Å². The van der Waals surface area contributed by atoms with Crippen molar-refractivity contribution >= 4 is 11.6 Å². The molecular weight excluding hydrogens is 298 g/mol. The van der Waals surface area contributed by atoms with Crippen LogP contribution in [0.5, 0.6) is 5.75 Å². The van der Waals surface area contributed by atoms with Gasteiger partial charge in [0.1, 0.15) is 17.4 Å². The summed E-state index contributed by atoms with van der Waals surface area (Å²) in [6.07, 6.45) is 1.49. The van der Waals surface area contributed by atoms with Crippen LogP contribution in [-0.2, 0) is 14.3 Å². The molecule has 0 unspecified atom stereocenters. The summed E-state index contributed by atoms with van der Waals surface area (Å²) in [7, 11) is 3.17. The molecule has 1 aromatic rings. The van der Waals surface area contributed by atoms with Crippen molar-refractivity contribution in [3.8, 4) is 11.8 Å². The van der Waals surface area contributed by atoms with Crippen LogP contribution < -0.4 is 5.32 Å². The minimum absolute atomic E-state index is 0.0229. The smallest absolute Gasteiger partial charge is 0.267 e. The second-order valence-corrected chi connectivity index (χ2v) is 4.68. The molecule has 0 radical (unpaired) electrons. The predicted molar refractivity (Wildman–Crippen MR) is 85.8 cm³/mol. The molecule has 23 heavy (non-hydrogen) atoms. The molecule has 0 aliphatic carbocycles. The van der Waals surface area contributed by atoms with Crippen LogP contribution in [0.25, 0.3) is 0 Å². The third-order valence-corrected chi connectivity index (χ3v) is 2.97. The summed E-state index contributed by atoms with van der Waals surface area (Å²) in [4.78, 5) is 14.0. The number of rotatable bonds is 9. The standard InChI is InChI=1S/C16H21N3O4/c1-22-9-7-19(8-10-23-2)12-13(11-17)16(21)18-14-3-5-15(20)6-4-14/h3-6,12,20H,7-10H2,1-2H3,(H,18,21)/b13-12-. The Hall–Kier alpha value is -2.56. The quantitative estimate of drug-likeness (QED) is 0.405. The number of aromatic hydroxyl groups is 1. The van der Waals surface area contributed by atoms with Crippen LogP contribution in [0.3, 0.4) is 0 Å². The van der Waals surface area contributed by atoms with E-state index in [1.807, 2.05) is 6.07 Å². The molecule has 0 saturated carbocycles. The lowest BCUT2D eigenvalue weighted by atomic mass is 10.2. The molecule has 0 aliphatic heterocycles. The number of phenols is 1. The summed E-state index contributed by atoms with van der Waals surface area (Å²) in [6, 6.07) is 7.90. The molecule has 124 valence electrons. The average molecular weight is 319 g/mol. The van der Waals surface area contributed by atoms with E-state index in [0.29, 0.717) is 32.0 Å². The Labute approximate surface area is 135 Å². The fourth-order valence-corrected chi connectivity index (χ4v) is 1.72. The molecular formula is C16H21N3O4. The van der Waals surface area contributed by atoms with E-state index in [1.165, 1.54) is 18.3 Å². The van der Waals surface area contributed by atoms with Gasteiger partial charge in [0.15, 0.2) is 0 Å². The van der Waals surface area contributed by atoms with Crippen LogP contribution in [0.2, 0.25) is 0 Å². The first kappa shape index (κ1) is 18.5. The Morgan fingerprint density at radius 2 is 1.83 bits per heavy atom. The first-order valence-corrected chi connectivity index (χ1v) is 7.05. The highest BCUT2D eigenvalue weighted by molar-refractivity contribution is 6.06. The van der Waals surface area contributed by atoms with Crippen LogP contribution >= 0.6 is 0 Å². The van der Waals surface area contributed by atoms with Gasteiger partial charge in [-0.15, -0.1) is 0 Å². The van der Waals surface area contributed by atoms with Gasteiger partial charge in [-0.3, -0.25) is 4.79 Å². The molecule has 2 N–H and O–H groups in total. The number of nitrogens with zero attached hydrogens (tertiary/aromatic N) is 2. The molecule has 1 aromatic carbocycles. The fourth-order valence-electron chi connectivity index (χ4n) is 1.72. The summed E-state index contributed by atoms with van der Waals surface area (Å²) >= 11 is 0. The minimum atomic E-state index is -0.516. The number of ether oxygens (including phenoxy) is 2. The molecule has 0 aromatic heterocycles. The number of carbonyl (C=O) groups is 1. The number of benzene rings is 1. The number of anilines is 1. The Kier molecular flexibility index (Phi) is 8.21. The third-order valence-electron chi connectivity index (χ3n) is 2.97. The van der Waals surface area contributed by atoms with E-state index in [1.54, 1.807) is 31.3 Å². The van der Waals surface area contributed by atoms with Crippen LogP contribution in [-0.4, -0.2) is 56.4 Å². The van der Waals surface area contributed by atoms with Gasteiger partial charge in [-0.1, -0.05) is 0 Å². The molecule has 1 rings (SSSR count). The zero-order valence-electron chi connectivity index (χ0n) is 13.3. The van der Waals surface area contributed by atoms with E-state index in [-0.39, 0.29) is 11.3 Å². The van der Waals surface area contributed by atoms with Crippen molar-refractivity contribution in [3.05, 3.63) is 36.0 Å². The number of carbonyl (C=O) groups excluding carboxylic acids is 1.